The molecular formula is C79H144NO8P. The van der Waals surface area contributed by atoms with E-state index in [4.69, 9.17) is 24.3 Å². The molecule has 518 valence electrons. The van der Waals surface area contributed by atoms with E-state index in [1.807, 2.05) is 0 Å². The molecule has 0 radical (unpaired) electrons. The molecule has 0 aliphatic heterocycles. The number of esters is 2. The van der Waals surface area contributed by atoms with Gasteiger partial charge in [0.15, 0.2) is 6.10 Å². The molecule has 2 unspecified atom stereocenters. The van der Waals surface area contributed by atoms with Crippen LogP contribution in [0.3, 0.4) is 0 Å². The molecule has 0 fully saturated rings. The Morgan fingerprint density at radius 2 is 0.618 bits per heavy atom. The molecule has 0 heterocycles. The fourth-order valence-electron chi connectivity index (χ4n) is 11.2. The van der Waals surface area contributed by atoms with Crippen LogP contribution in [0.2, 0.25) is 0 Å². The summed E-state index contributed by atoms with van der Waals surface area (Å²) in [5.74, 6) is -0.811. The standard InChI is InChI=1S/C79H144NO8P/c1-3-5-7-9-11-13-15-17-19-21-23-25-27-29-31-33-34-35-36-37-38-39-40-41-42-44-46-48-50-52-54-56-58-60-62-64-66-68-70-72-79(82)88-77(76-87-89(83,84)86-74-73-80)75-85-78(81)71-69-67-65-63-61-59-57-55-53-51-49-47-45-43-32-30-28-26-24-22-20-18-16-14-12-10-8-6-4-2/h5,7,11,13,16-19,22-25,28,30,77H,3-4,6,8-10,12,14-15,20-21,26-27,29,31-76,80H2,1-2H3,(H,83,84)/b7-5-,13-11-,18-16-,19-17-,24-22-,25-23-,30-28-. The summed E-state index contributed by atoms with van der Waals surface area (Å²) in [5, 5.41) is 0. The zero-order valence-electron chi connectivity index (χ0n) is 58.4. The third kappa shape index (κ3) is 74.1. The number of carbonyl (C=O) groups excluding carboxylic acids is 2. The number of hydrogen-bond acceptors (Lipinski definition) is 8. The molecule has 0 spiro atoms. The maximum Gasteiger partial charge on any atom is 0.472 e. The van der Waals surface area contributed by atoms with Crippen LogP contribution in [-0.4, -0.2) is 49.3 Å². The lowest BCUT2D eigenvalue weighted by Crippen LogP contribution is -2.29. The van der Waals surface area contributed by atoms with Crippen molar-refractivity contribution in [2.45, 2.75) is 380 Å². The number of carbonyl (C=O) groups is 2. The monoisotopic (exact) mass is 1270 g/mol. The normalized spacial score (nSPS) is 13.3. The fraction of sp³-hybridized carbons (Fsp3) is 0.797. The van der Waals surface area contributed by atoms with Crippen LogP contribution in [0.15, 0.2) is 85.1 Å². The largest absolute Gasteiger partial charge is 0.472 e. The van der Waals surface area contributed by atoms with Crippen molar-refractivity contribution < 1.29 is 37.6 Å². The first-order chi connectivity index (χ1) is 43.8. The summed E-state index contributed by atoms with van der Waals surface area (Å²) in [6.07, 6.45) is 99.9. The summed E-state index contributed by atoms with van der Waals surface area (Å²) in [7, 11) is -4.40. The summed E-state index contributed by atoms with van der Waals surface area (Å²) in [6.45, 7) is 3.68. The molecule has 9 nitrogen and oxygen atoms in total. The van der Waals surface area contributed by atoms with E-state index in [9.17, 15) is 19.0 Å². The van der Waals surface area contributed by atoms with Crippen LogP contribution in [-0.2, 0) is 32.7 Å². The van der Waals surface area contributed by atoms with E-state index >= 15 is 0 Å². The molecule has 0 amide bonds. The minimum absolute atomic E-state index is 0.0535. The van der Waals surface area contributed by atoms with Crippen LogP contribution in [0, 0.1) is 0 Å². The number of rotatable bonds is 72. The Balaban J connectivity index is 3.79. The molecule has 10 heteroatoms. The molecule has 89 heavy (non-hydrogen) atoms. The average Bonchev–Trinajstić information content (AvgIpc) is 3.68. The van der Waals surface area contributed by atoms with Crippen molar-refractivity contribution in [3.63, 3.8) is 0 Å². The van der Waals surface area contributed by atoms with Gasteiger partial charge in [0.2, 0.25) is 0 Å². The number of nitrogens with two attached hydrogens (primary N) is 1. The van der Waals surface area contributed by atoms with Gasteiger partial charge in [-0.05, 0) is 89.9 Å². The van der Waals surface area contributed by atoms with Gasteiger partial charge in [0.05, 0.1) is 13.2 Å². The SMILES string of the molecule is CC/C=C\C/C=C\C/C=C\C/C=C\CCCCCCCCCCCCCCCCCCCCCCCCCCCCC(=O)OC(COC(=O)CCCCCCCCCCCCCCCC/C=C\C/C=C\C/C=C\CCCCCCC)COP(=O)(O)OCCN. The Morgan fingerprint density at radius 3 is 0.921 bits per heavy atom. The predicted molar refractivity (Wildman–Crippen MR) is 386 cm³/mol. The highest BCUT2D eigenvalue weighted by molar-refractivity contribution is 7.47. The third-order valence-electron chi connectivity index (χ3n) is 16.8. The fourth-order valence-corrected chi connectivity index (χ4v) is 11.9. The quantitative estimate of drug-likeness (QED) is 0.0264. The van der Waals surface area contributed by atoms with Crippen molar-refractivity contribution in [2.24, 2.45) is 5.73 Å². The predicted octanol–water partition coefficient (Wildman–Crippen LogP) is 25.3. The van der Waals surface area contributed by atoms with Crippen LogP contribution < -0.4 is 5.73 Å². The average molecular weight is 1270 g/mol. The van der Waals surface area contributed by atoms with Gasteiger partial charge < -0.3 is 20.1 Å². The lowest BCUT2D eigenvalue weighted by atomic mass is 10.0. The maximum atomic E-state index is 12.8. The van der Waals surface area contributed by atoms with E-state index < -0.39 is 26.5 Å². The molecule has 0 aliphatic rings. The summed E-state index contributed by atoms with van der Waals surface area (Å²) in [4.78, 5) is 35.4. The van der Waals surface area contributed by atoms with Crippen molar-refractivity contribution >= 4 is 19.8 Å². The molecule has 2 atom stereocenters. The van der Waals surface area contributed by atoms with Gasteiger partial charge in [-0.3, -0.25) is 18.6 Å². The van der Waals surface area contributed by atoms with Gasteiger partial charge in [-0.25, -0.2) is 4.57 Å². The first kappa shape index (κ1) is 86.2. The second kappa shape index (κ2) is 74.2. The first-order valence-corrected chi connectivity index (χ1v) is 39.6. The van der Waals surface area contributed by atoms with E-state index in [2.05, 4.69) is 98.9 Å². The summed E-state index contributed by atoms with van der Waals surface area (Å²) >= 11 is 0. The van der Waals surface area contributed by atoms with Crippen molar-refractivity contribution in [1.29, 1.82) is 0 Å². The minimum Gasteiger partial charge on any atom is -0.462 e. The molecule has 0 aromatic heterocycles. The molecule has 0 aromatic rings. The van der Waals surface area contributed by atoms with Gasteiger partial charge in [-0.15, -0.1) is 0 Å². The van der Waals surface area contributed by atoms with Gasteiger partial charge in [0, 0.05) is 19.4 Å². The molecule has 0 aromatic carbocycles. The zero-order valence-corrected chi connectivity index (χ0v) is 59.3. The lowest BCUT2D eigenvalue weighted by molar-refractivity contribution is -0.161. The van der Waals surface area contributed by atoms with Gasteiger partial charge in [0.1, 0.15) is 6.61 Å². The second-order valence-corrected chi connectivity index (χ2v) is 26.9. The smallest absolute Gasteiger partial charge is 0.462 e. The molecule has 0 rings (SSSR count). The molecule has 0 saturated carbocycles. The van der Waals surface area contributed by atoms with Crippen molar-refractivity contribution in [3.8, 4) is 0 Å². The number of hydrogen-bond donors (Lipinski definition) is 2. The highest BCUT2D eigenvalue weighted by Crippen LogP contribution is 2.43. The van der Waals surface area contributed by atoms with Crippen LogP contribution in [0.25, 0.3) is 0 Å². The number of phosphoric ester groups is 1. The van der Waals surface area contributed by atoms with Crippen molar-refractivity contribution in [3.05, 3.63) is 85.1 Å². The van der Waals surface area contributed by atoms with Gasteiger partial charge in [-0.2, -0.15) is 0 Å². The molecule has 3 N–H and O–H groups in total. The maximum absolute atomic E-state index is 12.8. The zero-order chi connectivity index (χ0) is 64.4. The Hall–Kier alpha value is -2.81. The minimum atomic E-state index is -4.40. The summed E-state index contributed by atoms with van der Waals surface area (Å²) in [5.41, 5.74) is 5.41. The number of ether oxygens (including phenoxy) is 2. The van der Waals surface area contributed by atoms with Crippen molar-refractivity contribution in [2.75, 3.05) is 26.4 Å². The second-order valence-electron chi connectivity index (χ2n) is 25.5. The van der Waals surface area contributed by atoms with Gasteiger partial charge in [0.25, 0.3) is 0 Å². The summed E-state index contributed by atoms with van der Waals surface area (Å²) in [6, 6.07) is 0. The number of unbranched alkanes of at least 4 members (excludes halogenated alkanes) is 45. The van der Waals surface area contributed by atoms with Gasteiger partial charge >= 0.3 is 19.8 Å². The van der Waals surface area contributed by atoms with E-state index in [0.29, 0.717) is 6.42 Å². The molecule has 0 saturated heterocycles. The summed E-state index contributed by atoms with van der Waals surface area (Å²) < 4.78 is 33.2. The van der Waals surface area contributed by atoms with Gasteiger partial charge in [-0.1, -0.05) is 356 Å². The van der Waals surface area contributed by atoms with Crippen molar-refractivity contribution in [1.82, 2.24) is 0 Å². The number of allylic oxidation sites excluding steroid dienone is 14. The molecular weight excluding hydrogens is 1120 g/mol. The third-order valence-corrected chi connectivity index (χ3v) is 17.7. The first-order valence-electron chi connectivity index (χ1n) is 38.1. The Kier molecular flexibility index (Phi) is 71.9. The lowest BCUT2D eigenvalue weighted by Gasteiger charge is -2.19. The Labute approximate surface area is 551 Å². The van der Waals surface area contributed by atoms with Crippen LogP contribution in [0.5, 0.6) is 0 Å². The Bertz CT molecular complexity index is 1740. The van der Waals surface area contributed by atoms with E-state index in [1.165, 1.54) is 270 Å². The van der Waals surface area contributed by atoms with Crippen LogP contribution >= 0.6 is 7.82 Å². The highest BCUT2D eigenvalue weighted by atomic mass is 31.2. The molecule has 0 bridgehead atoms. The van der Waals surface area contributed by atoms with Crippen LogP contribution in [0.4, 0.5) is 0 Å². The number of phosphoric acid groups is 1. The Morgan fingerprint density at radius 1 is 0.348 bits per heavy atom. The van der Waals surface area contributed by atoms with E-state index in [0.717, 1.165) is 70.6 Å². The molecule has 0 aliphatic carbocycles. The topological polar surface area (TPSA) is 134 Å². The highest BCUT2D eigenvalue weighted by Gasteiger charge is 2.26. The van der Waals surface area contributed by atoms with Crippen LogP contribution in [0.1, 0.15) is 373 Å². The van der Waals surface area contributed by atoms with E-state index in [-0.39, 0.29) is 38.6 Å². The van der Waals surface area contributed by atoms with E-state index in [1.54, 1.807) is 0 Å².